The van der Waals surface area contributed by atoms with Gasteiger partial charge in [0.05, 0.1) is 13.2 Å². The number of rotatable bonds is 7. The number of ether oxygens (including phenoxy) is 1. The number of morpholine rings is 1. The summed E-state index contributed by atoms with van der Waals surface area (Å²) in [5.74, 6) is 0.0671. The molecule has 0 aliphatic carbocycles. The zero-order valence-corrected chi connectivity index (χ0v) is 15.7. The molecule has 0 saturated carbocycles. The van der Waals surface area contributed by atoms with Gasteiger partial charge in [0, 0.05) is 35.8 Å². The number of benzene rings is 2. The van der Waals surface area contributed by atoms with E-state index in [1.807, 2.05) is 48.5 Å². The zero-order valence-electron chi connectivity index (χ0n) is 14.9. The quantitative estimate of drug-likeness (QED) is 0.730. The fourth-order valence-electron chi connectivity index (χ4n) is 3.10. The van der Waals surface area contributed by atoms with Crippen LogP contribution >= 0.6 is 11.6 Å². The highest BCUT2D eigenvalue weighted by molar-refractivity contribution is 6.33. The van der Waals surface area contributed by atoms with Crippen molar-refractivity contribution in [3.05, 3.63) is 53.6 Å². The molecule has 3 rings (SSSR count). The van der Waals surface area contributed by atoms with E-state index >= 15 is 0 Å². The Balaban J connectivity index is 1.42. The van der Waals surface area contributed by atoms with Gasteiger partial charge in [-0.3, -0.25) is 9.69 Å². The number of anilines is 1. The monoisotopic (exact) mass is 372 g/mol. The number of nitrogens with zero attached hydrogens (tertiary/aromatic N) is 1. The summed E-state index contributed by atoms with van der Waals surface area (Å²) in [7, 11) is 0. The molecule has 0 bridgehead atoms. The van der Waals surface area contributed by atoms with Gasteiger partial charge >= 0.3 is 0 Å². The van der Waals surface area contributed by atoms with Crippen LogP contribution < -0.4 is 5.32 Å². The smallest absolute Gasteiger partial charge is 0.224 e. The van der Waals surface area contributed by atoms with E-state index in [-0.39, 0.29) is 5.91 Å². The van der Waals surface area contributed by atoms with Crippen LogP contribution in [-0.4, -0.2) is 43.7 Å². The molecule has 2 aromatic carbocycles. The minimum absolute atomic E-state index is 0.0671. The van der Waals surface area contributed by atoms with Crippen molar-refractivity contribution < 1.29 is 9.53 Å². The topological polar surface area (TPSA) is 41.6 Å². The molecule has 1 N–H and O–H groups in total. The summed E-state index contributed by atoms with van der Waals surface area (Å²) in [6.45, 7) is 4.70. The van der Waals surface area contributed by atoms with Crippen LogP contribution in [0.4, 0.5) is 5.69 Å². The highest BCUT2D eigenvalue weighted by Crippen LogP contribution is 2.28. The lowest BCUT2D eigenvalue weighted by atomic mass is 10.1. The summed E-state index contributed by atoms with van der Waals surface area (Å²) in [5.41, 5.74) is 2.85. The number of hydrogen-bond acceptors (Lipinski definition) is 3. The first-order valence-corrected chi connectivity index (χ1v) is 9.55. The molecule has 5 heteroatoms. The van der Waals surface area contributed by atoms with E-state index in [9.17, 15) is 4.79 Å². The van der Waals surface area contributed by atoms with Crippen LogP contribution in [0.1, 0.15) is 19.3 Å². The minimum atomic E-state index is 0.0671. The Kier molecular flexibility index (Phi) is 7.06. The average molecular weight is 373 g/mol. The number of hydrogen-bond donors (Lipinski definition) is 1. The van der Waals surface area contributed by atoms with Gasteiger partial charge in [-0.25, -0.2) is 0 Å². The second-order valence-electron chi connectivity index (χ2n) is 6.52. The van der Waals surface area contributed by atoms with Gasteiger partial charge in [0.25, 0.3) is 0 Å². The van der Waals surface area contributed by atoms with Gasteiger partial charge in [-0.05, 0) is 43.1 Å². The fraction of sp³-hybridized carbons (Fsp3) is 0.381. The van der Waals surface area contributed by atoms with Crippen molar-refractivity contribution in [2.45, 2.75) is 19.3 Å². The fourth-order valence-corrected chi connectivity index (χ4v) is 3.34. The van der Waals surface area contributed by atoms with Gasteiger partial charge in [-0.1, -0.05) is 41.9 Å². The van der Waals surface area contributed by atoms with Gasteiger partial charge in [0.15, 0.2) is 0 Å². The van der Waals surface area contributed by atoms with E-state index < -0.39 is 0 Å². The molecular weight excluding hydrogens is 348 g/mol. The van der Waals surface area contributed by atoms with Gasteiger partial charge in [0.1, 0.15) is 0 Å². The molecule has 0 aromatic heterocycles. The van der Waals surface area contributed by atoms with Crippen molar-refractivity contribution in [2.75, 3.05) is 38.2 Å². The average Bonchev–Trinajstić information content (AvgIpc) is 2.67. The summed E-state index contributed by atoms with van der Waals surface area (Å²) < 4.78 is 5.34. The number of unbranched alkanes of at least 4 members (excludes halogenated alkanes) is 1. The van der Waals surface area contributed by atoms with Crippen LogP contribution in [0, 0.1) is 0 Å². The lowest BCUT2D eigenvalue weighted by molar-refractivity contribution is -0.116. The molecule has 4 nitrogen and oxygen atoms in total. The molecule has 0 atom stereocenters. The lowest BCUT2D eigenvalue weighted by Crippen LogP contribution is -2.36. The molecule has 1 saturated heterocycles. The number of halogens is 1. The Hall–Kier alpha value is -1.88. The number of nitrogens with one attached hydrogen (secondary N) is 1. The van der Waals surface area contributed by atoms with Gasteiger partial charge < -0.3 is 10.1 Å². The SMILES string of the molecule is O=C(CCCCN1CCOCC1)Nc1ccc(-c2ccccc2Cl)cc1. The zero-order chi connectivity index (χ0) is 18.2. The number of carbonyl (C=O) groups is 1. The predicted octanol–water partition coefficient (Wildman–Crippen LogP) is 4.45. The van der Waals surface area contributed by atoms with Crippen molar-refractivity contribution in [2.24, 2.45) is 0 Å². The molecule has 138 valence electrons. The lowest BCUT2D eigenvalue weighted by Gasteiger charge is -2.26. The second kappa shape index (κ2) is 9.72. The normalized spacial score (nSPS) is 15.0. The van der Waals surface area contributed by atoms with Gasteiger partial charge in [0.2, 0.25) is 5.91 Å². The van der Waals surface area contributed by atoms with Crippen LogP contribution in [0.25, 0.3) is 11.1 Å². The summed E-state index contributed by atoms with van der Waals surface area (Å²) in [5, 5.41) is 3.69. The maximum atomic E-state index is 12.1. The maximum Gasteiger partial charge on any atom is 0.224 e. The highest BCUT2D eigenvalue weighted by atomic mass is 35.5. The highest BCUT2D eigenvalue weighted by Gasteiger charge is 2.10. The standard InChI is InChI=1S/C21H25ClN2O2/c22-20-6-2-1-5-19(20)17-8-10-18(11-9-17)23-21(25)7-3-4-12-24-13-15-26-16-14-24/h1-2,5-6,8-11H,3-4,7,12-16H2,(H,23,25). The molecule has 1 heterocycles. The van der Waals surface area contributed by atoms with Crippen LogP contribution in [0.2, 0.25) is 5.02 Å². The Bertz CT molecular complexity index is 712. The van der Waals surface area contributed by atoms with Gasteiger partial charge in [-0.2, -0.15) is 0 Å². The van der Waals surface area contributed by atoms with E-state index in [0.29, 0.717) is 6.42 Å². The Morgan fingerprint density at radius 1 is 1.04 bits per heavy atom. The number of amides is 1. The molecular formula is C21H25ClN2O2. The third-order valence-electron chi connectivity index (χ3n) is 4.59. The Morgan fingerprint density at radius 3 is 2.50 bits per heavy atom. The molecule has 0 radical (unpaired) electrons. The van der Waals surface area contributed by atoms with Crippen molar-refractivity contribution in [1.82, 2.24) is 4.90 Å². The van der Waals surface area contributed by atoms with E-state index in [4.69, 9.17) is 16.3 Å². The third kappa shape index (κ3) is 5.56. The first-order valence-electron chi connectivity index (χ1n) is 9.17. The molecule has 2 aromatic rings. The van der Waals surface area contributed by atoms with E-state index in [1.54, 1.807) is 0 Å². The molecule has 0 unspecified atom stereocenters. The summed E-state index contributed by atoms with van der Waals surface area (Å²) in [6.07, 6.45) is 2.50. The van der Waals surface area contributed by atoms with E-state index in [1.165, 1.54) is 0 Å². The van der Waals surface area contributed by atoms with Gasteiger partial charge in [-0.15, -0.1) is 0 Å². The van der Waals surface area contributed by atoms with Crippen LogP contribution in [0.5, 0.6) is 0 Å². The van der Waals surface area contributed by atoms with Crippen molar-refractivity contribution >= 4 is 23.2 Å². The first-order chi connectivity index (χ1) is 12.7. The molecule has 1 aliphatic rings. The molecule has 1 aliphatic heterocycles. The molecule has 0 spiro atoms. The second-order valence-corrected chi connectivity index (χ2v) is 6.92. The molecule has 1 fully saturated rings. The van der Waals surface area contributed by atoms with E-state index in [0.717, 1.165) is 67.5 Å². The maximum absolute atomic E-state index is 12.1. The Morgan fingerprint density at radius 2 is 1.77 bits per heavy atom. The summed E-state index contributed by atoms with van der Waals surface area (Å²) in [6, 6.07) is 15.6. The first kappa shape index (κ1) is 18.9. The minimum Gasteiger partial charge on any atom is -0.379 e. The molecule has 26 heavy (non-hydrogen) atoms. The van der Waals surface area contributed by atoms with Crippen LogP contribution in [0.3, 0.4) is 0 Å². The van der Waals surface area contributed by atoms with Crippen molar-refractivity contribution in [3.63, 3.8) is 0 Å². The van der Waals surface area contributed by atoms with Crippen molar-refractivity contribution in [1.29, 1.82) is 0 Å². The molecule has 1 amide bonds. The number of carbonyl (C=O) groups excluding carboxylic acids is 1. The van der Waals surface area contributed by atoms with Crippen LogP contribution in [-0.2, 0) is 9.53 Å². The largest absolute Gasteiger partial charge is 0.379 e. The van der Waals surface area contributed by atoms with Crippen molar-refractivity contribution in [3.8, 4) is 11.1 Å². The Labute approximate surface area is 160 Å². The summed E-state index contributed by atoms with van der Waals surface area (Å²) >= 11 is 6.23. The predicted molar refractivity (Wildman–Crippen MR) is 107 cm³/mol. The third-order valence-corrected chi connectivity index (χ3v) is 4.91. The van der Waals surface area contributed by atoms with Crippen LogP contribution in [0.15, 0.2) is 48.5 Å². The van der Waals surface area contributed by atoms with E-state index in [2.05, 4.69) is 10.2 Å². The summed E-state index contributed by atoms with van der Waals surface area (Å²) in [4.78, 5) is 14.5.